The van der Waals surface area contributed by atoms with Gasteiger partial charge in [-0.2, -0.15) is 0 Å². The van der Waals surface area contributed by atoms with Crippen molar-refractivity contribution in [2.45, 2.75) is 37.6 Å². The normalized spacial score (nSPS) is 22.3. The van der Waals surface area contributed by atoms with Crippen LogP contribution >= 0.6 is 0 Å². The number of unbranched alkanes of at least 4 members (excludes halogenated alkanes) is 1. The maximum absolute atomic E-state index is 5.27. The molecule has 1 aromatic rings. The lowest BCUT2D eigenvalue weighted by molar-refractivity contribution is 0.290. The van der Waals surface area contributed by atoms with Crippen LogP contribution < -0.4 is 10.1 Å². The molecule has 0 atom stereocenters. The van der Waals surface area contributed by atoms with Gasteiger partial charge in [-0.15, -0.1) is 6.58 Å². The minimum Gasteiger partial charge on any atom is -0.497 e. The molecule has 0 unspecified atom stereocenters. The van der Waals surface area contributed by atoms with Crippen molar-refractivity contribution in [1.29, 1.82) is 0 Å². The standard InChI is InChI=1S/C16H23NO/c1-3-4-5-9-17-15-10-14(11-15)13-7-6-8-16(12-13)18-2/h3,6-8,12,14-15,17H,1,4-5,9-11H2,2H3. The molecule has 0 saturated heterocycles. The molecule has 98 valence electrons. The van der Waals surface area contributed by atoms with Crippen LogP contribution in [0.3, 0.4) is 0 Å². The minimum absolute atomic E-state index is 0.700. The van der Waals surface area contributed by atoms with Crippen LogP contribution in [0.15, 0.2) is 36.9 Å². The molecule has 1 saturated carbocycles. The van der Waals surface area contributed by atoms with Crippen molar-refractivity contribution in [3.8, 4) is 5.75 Å². The third kappa shape index (κ3) is 3.36. The molecular formula is C16H23NO. The van der Waals surface area contributed by atoms with E-state index >= 15 is 0 Å². The molecule has 0 heterocycles. The van der Waals surface area contributed by atoms with E-state index in [1.165, 1.54) is 24.8 Å². The largest absolute Gasteiger partial charge is 0.497 e. The molecule has 0 aromatic heterocycles. The van der Waals surface area contributed by atoms with Crippen molar-refractivity contribution < 1.29 is 4.74 Å². The predicted molar refractivity (Wildman–Crippen MR) is 76.2 cm³/mol. The molecule has 0 spiro atoms. The van der Waals surface area contributed by atoms with Crippen LogP contribution in [-0.4, -0.2) is 19.7 Å². The molecule has 1 aliphatic rings. The molecule has 1 aliphatic carbocycles. The van der Waals surface area contributed by atoms with Gasteiger partial charge in [0.2, 0.25) is 0 Å². The molecule has 2 rings (SSSR count). The summed E-state index contributed by atoms with van der Waals surface area (Å²) in [7, 11) is 1.73. The number of benzene rings is 1. The van der Waals surface area contributed by atoms with Crippen LogP contribution in [0.5, 0.6) is 5.75 Å². The first-order valence-corrected chi connectivity index (χ1v) is 6.81. The third-order valence-electron chi connectivity index (χ3n) is 3.72. The molecule has 0 aliphatic heterocycles. The van der Waals surface area contributed by atoms with Gasteiger partial charge in [0.05, 0.1) is 7.11 Å². The maximum atomic E-state index is 5.27. The Morgan fingerprint density at radius 2 is 2.28 bits per heavy atom. The zero-order chi connectivity index (χ0) is 12.8. The number of ether oxygens (including phenoxy) is 1. The second kappa shape index (κ2) is 6.60. The highest BCUT2D eigenvalue weighted by molar-refractivity contribution is 5.32. The SMILES string of the molecule is C=CCCCNC1CC(c2cccc(OC)c2)C1. The smallest absolute Gasteiger partial charge is 0.119 e. The van der Waals surface area contributed by atoms with Crippen molar-refractivity contribution in [3.63, 3.8) is 0 Å². The molecule has 2 nitrogen and oxygen atoms in total. The van der Waals surface area contributed by atoms with E-state index in [0.29, 0.717) is 12.0 Å². The van der Waals surface area contributed by atoms with Gasteiger partial charge in [0.1, 0.15) is 5.75 Å². The highest BCUT2D eigenvalue weighted by Crippen LogP contribution is 2.37. The third-order valence-corrected chi connectivity index (χ3v) is 3.72. The molecule has 1 fully saturated rings. The molecular weight excluding hydrogens is 222 g/mol. The van der Waals surface area contributed by atoms with Gasteiger partial charge >= 0.3 is 0 Å². The fraction of sp³-hybridized carbons (Fsp3) is 0.500. The lowest BCUT2D eigenvalue weighted by atomic mass is 9.76. The van der Waals surface area contributed by atoms with Gasteiger partial charge in [-0.1, -0.05) is 18.2 Å². The summed E-state index contributed by atoms with van der Waals surface area (Å²) < 4.78 is 5.27. The Morgan fingerprint density at radius 1 is 1.44 bits per heavy atom. The van der Waals surface area contributed by atoms with Crippen LogP contribution in [0.2, 0.25) is 0 Å². The van der Waals surface area contributed by atoms with Crippen molar-refractivity contribution >= 4 is 0 Å². The number of methoxy groups -OCH3 is 1. The molecule has 1 N–H and O–H groups in total. The first kappa shape index (κ1) is 13.2. The lowest BCUT2D eigenvalue weighted by Crippen LogP contribution is -2.40. The van der Waals surface area contributed by atoms with Crippen molar-refractivity contribution in [3.05, 3.63) is 42.5 Å². The zero-order valence-electron chi connectivity index (χ0n) is 11.2. The van der Waals surface area contributed by atoms with E-state index in [1.54, 1.807) is 7.11 Å². The van der Waals surface area contributed by atoms with Crippen LogP contribution in [0.1, 0.15) is 37.2 Å². The Hall–Kier alpha value is -1.28. The molecule has 0 bridgehead atoms. The number of allylic oxidation sites excluding steroid dienone is 1. The van der Waals surface area contributed by atoms with Crippen molar-refractivity contribution in [1.82, 2.24) is 5.32 Å². The first-order valence-electron chi connectivity index (χ1n) is 6.81. The summed E-state index contributed by atoms with van der Waals surface area (Å²) >= 11 is 0. The first-order chi connectivity index (χ1) is 8.83. The average molecular weight is 245 g/mol. The van der Waals surface area contributed by atoms with Crippen LogP contribution in [-0.2, 0) is 0 Å². The van der Waals surface area contributed by atoms with E-state index in [1.807, 2.05) is 12.1 Å². The molecule has 1 aromatic carbocycles. The van der Waals surface area contributed by atoms with Gasteiger partial charge in [0, 0.05) is 6.04 Å². The zero-order valence-corrected chi connectivity index (χ0v) is 11.2. The van der Waals surface area contributed by atoms with E-state index in [2.05, 4.69) is 30.1 Å². The monoisotopic (exact) mass is 245 g/mol. The highest BCUT2D eigenvalue weighted by atomic mass is 16.5. The van der Waals surface area contributed by atoms with E-state index < -0.39 is 0 Å². The molecule has 0 amide bonds. The predicted octanol–water partition coefficient (Wildman–Crippen LogP) is 3.50. The highest BCUT2D eigenvalue weighted by Gasteiger charge is 2.29. The van der Waals surface area contributed by atoms with Crippen molar-refractivity contribution in [2.75, 3.05) is 13.7 Å². The fourth-order valence-corrected chi connectivity index (χ4v) is 2.50. The van der Waals surface area contributed by atoms with Gasteiger partial charge in [-0.25, -0.2) is 0 Å². The van der Waals surface area contributed by atoms with Gasteiger partial charge in [-0.3, -0.25) is 0 Å². The quantitative estimate of drug-likeness (QED) is 0.586. The summed E-state index contributed by atoms with van der Waals surface area (Å²) in [5.74, 6) is 1.67. The average Bonchev–Trinajstić information content (AvgIpc) is 2.36. The van der Waals surface area contributed by atoms with E-state index in [0.717, 1.165) is 18.7 Å². The topological polar surface area (TPSA) is 21.3 Å². The van der Waals surface area contributed by atoms with E-state index in [4.69, 9.17) is 4.74 Å². The number of nitrogens with one attached hydrogen (secondary N) is 1. The number of hydrogen-bond donors (Lipinski definition) is 1. The Balaban J connectivity index is 1.73. The summed E-state index contributed by atoms with van der Waals surface area (Å²) in [4.78, 5) is 0. The summed E-state index contributed by atoms with van der Waals surface area (Å²) in [6.07, 6.45) is 6.80. The summed E-state index contributed by atoms with van der Waals surface area (Å²) in [5, 5.41) is 3.60. The Labute approximate surface area is 110 Å². The summed E-state index contributed by atoms with van der Waals surface area (Å²) in [5.41, 5.74) is 1.42. The fourth-order valence-electron chi connectivity index (χ4n) is 2.50. The molecule has 18 heavy (non-hydrogen) atoms. The number of rotatable bonds is 7. The Morgan fingerprint density at radius 3 is 3.00 bits per heavy atom. The van der Waals surface area contributed by atoms with E-state index in [9.17, 15) is 0 Å². The second-order valence-electron chi connectivity index (χ2n) is 5.03. The molecule has 0 radical (unpaired) electrons. The van der Waals surface area contributed by atoms with Crippen LogP contribution in [0.25, 0.3) is 0 Å². The Kier molecular flexibility index (Phi) is 4.82. The lowest BCUT2D eigenvalue weighted by Gasteiger charge is -2.36. The summed E-state index contributed by atoms with van der Waals surface area (Å²) in [6, 6.07) is 9.16. The maximum Gasteiger partial charge on any atom is 0.119 e. The van der Waals surface area contributed by atoms with E-state index in [-0.39, 0.29) is 0 Å². The van der Waals surface area contributed by atoms with Gasteiger partial charge in [0.25, 0.3) is 0 Å². The van der Waals surface area contributed by atoms with Gasteiger partial charge in [0.15, 0.2) is 0 Å². The Bertz CT molecular complexity index is 382. The molecule has 2 heteroatoms. The van der Waals surface area contributed by atoms with Crippen LogP contribution in [0, 0.1) is 0 Å². The van der Waals surface area contributed by atoms with Gasteiger partial charge in [-0.05, 0) is 55.8 Å². The number of hydrogen-bond acceptors (Lipinski definition) is 2. The summed E-state index contributed by atoms with van der Waals surface area (Å²) in [6.45, 7) is 4.85. The van der Waals surface area contributed by atoms with Gasteiger partial charge < -0.3 is 10.1 Å². The van der Waals surface area contributed by atoms with Crippen molar-refractivity contribution in [2.24, 2.45) is 0 Å². The van der Waals surface area contributed by atoms with Crippen LogP contribution in [0.4, 0.5) is 0 Å². The minimum atomic E-state index is 0.700. The second-order valence-corrected chi connectivity index (χ2v) is 5.03.